The summed E-state index contributed by atoms with van der Waals surface area (Å²) in [4.78, 5) is 14.8. The molecule has 8 aromatic carbocycles. The van der Waals surface area contributed by atoms with E-state index in [4.69, 9.17) is 19.4 Å². The minimum absolute atomic E-state index is 0.483. The maximum Gasteiger partial charge on any atom is 0.164 e. The maximum atomic E-state index is 6.68. The van der Waals surface area contributed by atoms with E-state index in [-0.39, 0.29) is 0 Å². The normalized spacial score (nSPS) is 12.8. The first kappa shape index (κ1) is 32.0. The van der Waals surface area contributed by atoms with E-state index < -0.39 is 5.41 Å². The van der Waals surface area contributed by atoms with Crippen molar-refractivity contribution >= 4 is 21.9 Å². The van der Waals surface area contributed by atoms with Gasteiger partial charge in [-0.25, -0.2) is 15.0 Å². The van der Waals surface area contributed by atoms with Gasteiger partial charge in [0, 0.05) is 27.5 Å². The molecule has 0 N–H and O–H groups in total. The average Bonchev–Trinajstić information content (AvgIpc) is 3.80. The van der Waals surface area contributed by atoms with Crippen LogP contribution in [0.1, 0.15) is 22.3 Å². The summed E-state index contributed by atoms with van der Waals surface area (Å²) in [6.45, 7) is 0. The van der Waals surface area contributed by atoms with Gasteiger partial charge in [0.05, 0.1) is 5.41 Å². The highest BCUT2D eigenvalue weighted by atomic mass is 16.3. The van der Waals surface area contributed by atoms with Crippen molar-refractivity contribution < 1.29 is 4.42 Å². The molecule has 1 aliphatic rings. The summed E-state index contributed by atoms with van der Waals surface area (Å²) in [7, 11) is 0. The van der Waals surface area contributed by atoms with Gasteiger partial charge in [0.1, 0.15) is 11.2 Å². The first-order chi connectivity index (χ1) is 27.7. The molecule has 0 radical (unpaired) electrons. The van der Waals surface area contributed by atoms with Crippen LogP contribution in [0.5, 0.6) is 0 Å². The average molecular weight is 716 g/mol. The second-order valence-electron chi connectivity index (χ2n) is 14.4. The third-order valence-corrected chi connectivity index (χ3v) is 11.2. The largest absolute Gasteiger partial charge is 0.456 e. The Morgan fingerprint density at radius 1 is 0.321 bits per heavy atom. The number of aromatic nitrogens is 3. The molecule has 0 atom stereocenters. The molecular formula is C52H33N3O. The van der Waals surface area contributed by atoms with E-state index in [0.717, 1.165) is 49.8 Å². The summed E-state index contributed by atoms with van der Waals surface area (Å²) in [5.74, 6) is 1.91. The SMILES string of the molecule is c1ccc(-c2nc(-c3ccccc3)nc(-c3cccc(-c4ccc5oc6cc(C7(c8ccccc8)c8ccccc8-c8ccccc87)ccc6c5c4)c3)n2)cc1. The molecule has 4 nitrogen and oxygen atoms in total. The molecule has 0 saturated heterocycles. The number of rotatable bonds is 6. The molecule has 0 bridgehead atoms. The molecule has 1 aliphatic carbocycles. The first-order valence-corrected chi connectivity index (χ1v) is 18.9. The van der Waals surface area contributed by atoms with Gasteiger partial charge in [0.25, 0.3) is 0 Å². The highest BCUT2D eigenvalue weighted by Gasteiger charge is 2.46. The maximum absolute atomic E-state index is 6.68. The molecule has 0 unspecified atom stereocenters. The Bertz CT molecular complexity index is 2980. The van der Waals surface area contributed by atoms with Gasteiger partial charge in [-0.15, -0.1) is 0 Å². The highest BCUT2D eigenvalue weighted by molar-refractivity contribution is 6.07. The van der Waals surface area contributed by atoms with E-state index in [2.05, 4.69) is 140 Å². The summed E-state index contributed by atoms with van der Waals surface area (Å²) in [6, 6.07) is 70.4. The molecule has 0 aliphatic heterocycles. The van der Waals surface area contributed by atoms with Crippen LogP contribution in [-0.2, 0) is 5.41 Å². The molecule has 10 aromatic rings. The number of hydrogen-bond donors (Lipinski definition) is 0. The molecule has 2 heterocycles. The van der Waals surface area contributed by atoms with Gasteiger partial charge in [0.15, 0.2) is 17.5 Å². The number of nitrogens with zero attached hydrogens (tertiary/aromatic N) is 3. The van der Waals surface area contributed by atoms with Gasteiger partial charge in [-0.3, -0.25) is 0 Å². The number of furan rings is 1. The minimum Gasteiger partial charge on any atom is -0.456 e. The second-order valence-corrected chi connectivity index (χ2v) is 14.4. The van der Waals surface area contributed by atoms with Crippen LogP contribution in [0.4, 0.5) is 0 Å². The fourth-order valence-electron chi connectivity index (χ4n) is 8.68. The van der Waals surface area contributed by atoms with Crippen molar-refractivity contribution in [2.24, 2.45) is 0 Å². The summed E-state index contributed by atoms with van der Waals surface area (Å²) in [5, 5.41) is 2.16. The van der Waals surface area contributed by atoms with Crippen molar-refractivity contribution in [1.82, 2.24) is 15.0 Å². The Balaban J connectivity index is 1.03. The molecule has 2 aromatic heterocycles. The van der Waals surface area contributed by atoms with Gasteiger partial charge in [0.2, 0.25) is 0 Å². The Labute approximate surface area is 324 Å². The lowest BCUT2D eigenvalue weighted by atomic mass is 9.67. The third-order valence-electron chi connectivity index (χ3n) is 11.2. The van der Waals surface area contributed by atoms with Crippen LogP contribution < -0.4 is 0 Å². The zero-order valence-corrected chi connectivity index (χ0v) is 30.3. The summed E-state index contributed by atoms with van der Waals surface area (Å²) in [5.41, 5.74) is 13.7. The molecular weight excluding hydrogens is 683 g/mol. The number of fused-ring (bicyclic) bond motifs is 6. The van der Waals surface area contributed by atoms with Gasteiger partial charge in [-0.1, -0.05) is 176 Å². The van der Waals surface area contributed by atoms with Gasteiger partial charge < -0.3 is 4.42 Å². The predicted octanol–water partition coefficient (Wildman–Crippen LogP) is 12.8. The van der Waals surface area contributed by atoms with Gasteiger partial charge >= 0.3 is 0 Å². The number of hydrogen-bond acceptors (Lipinski definition) is 4. The monoisotopic (exact) mass is 715 g/mol. The van der Waals surface area contributed by atoms with E-state index in [0.29, 0.717) is 17.5 Å². The van der Waals surface area contributed by atoms with E-state index >= 15 is 0 Å². The van der Waals surface area contributed by atoms with Crippen LogP contribution in [0.2, 0.25) is 0 Å². The second kappa shape index (κ2) is 12.9. The number of benzene rings is 8. The van der Waals surface area contributed by atoms with Crippen molar-refractivity contribution in [2.75, 3.05) is 0 Å². The lowest BCUT2D eigenvalue weighted by Crippen LogP contribution is -2.28. The van der Waals surface area contributed by atoms with Crippen molar-refractivity contribution in [3.63, 3.8) is 0 Å². The van der Waals surface area contributed by atoms with Crippen LogP contribution >= 0.6 is 0 Å². The fraction of sp³-hybridized carbons (Fsp3) is 0.0192. The van der Waals surface area contributed by atoms with Gasteiger partial charge in [-0.2, -0.15) is 0 Å². The van der Waals surface area contributed by atoms with Crippen molar-refractivity contribution in [2.45, 2.75) is 5.41 Å². The molecule has 0 saturated carbocycles. The Morgan fingerprint density at radius 3 is 1.48 bits per heavy atom. The standard InChI is InChI=1S/C52H33N3O/c1-4-15-34(16-5-1)49-53-50(35-17-6-2-7-18-35)55-51(54-49)38-20-14-19-36(31-38)37-27-30-47-44(32-37)43-29-28-40(33-48(43)56-47)52(39-21-8-3-9-22-39)45-25-12-10-23-41(45)42-24-11-13-26-46(42)52/h1-33H. The molecule has 0 amide bonds. The topological polar surface area (TPSA) is 51.8 Å². The van der Waals surface area contributed by atoms with Crippen molar-refractivity contribution in [3.8, 4) is 56.4 Å². The van der Waals surface area contributed by atoms with E-state index in [1.807, 2.05) is 60.7 Å². The van der Waals surface area contributed by atoms with Crippen LogP contribution in [0, 0.1) is 0 Å². The Hall–Kier alpha value is -7.43. The first-order valence-electron chi connectivity index (χ1n) is 18.9. The Kier molecular flexibility index (Phi) is 7.36. The lowest BCUT2D eigenvalue weighted by molar-refractivity contribution is 0.665. The molecule has 56 heavy (non-hydrogen) atoms. The zero-order valence-electron chi connectivity index (χ0n) is 30.3. The van der Waals surface area contributed by atoms with Crippen molar-refractivity contribution in [3.05, 3.63) is 222 Å². The Morgan fingerprint density at radius 2 is 0.839 bits per heavy atom. The zero-order chi connectivity index (χ0) is 37.1. The summed E-state index contributed by atoms with van der Waals surface area (Å²) >= 11 is 0. The summed E-state index contributed by atoms with van der Waals surface area (Å²) in [6.07, 6.45) is 0. The smallest absolute Gasteiger partial charge is 0.164 e. The highest BCUT2D eigenvalue weighted by Crippen LogP contribution is 2.56. The molecule has 262 valence electrons. The minimum atomic E-state index is -0.483. The molecule has 0 fully saturated rings. The van der Waals surface area contributed by atoms with Crippen LogP contribution in [-0.4, -0.2) is 15.0 Å². The van der Waals surface area contributed by atoms with Crippen LogP contribution in [0.15, 0.2) is 205 Å². The van der Waals surface area contributed by atoms with Crippen LogP contribution in [0.25, 0.3) is 78.4 Å². The van der Waals surface area contributed by atoms with Crippen molar-refractivity contribution in [1.29, 1.82) is 0 Å². The van der Waals surface area contributed by atoms with Gasteiger partial charge in [-0.05, 0) is 68.8 Å². The lowest BCUT2D eigenvalue weighted by Gasteiger charge is -2.33. The predicted molar refractivity (Wildman–Crippen MR) is 226 cm³/mol. The van der Waals surface area contributed by atoms with E-state index in [9.17, 15) is 0 Å². The molecule has 0 spiro atoms. The van der Waals surface area contributed by atoms with E-state index in [1.54, 1.807) is 0 Å². The molecule has 11 rings (SSSR count). The molecule has 4 heteroatoms. The third kappa shape index (κ3) is 5.04. The van der Waals surface area contributed by atoms with Crippen LogP contribution in [0.3, 0.4) is 0 Å². The quantitative estimate of drug-likeness (QED) is 0.172. The summed E-state index contributed by atoms with van der Waals surface area (Å²) < 4.78 is 6.68. The fourth-order valence-corrected chi connectivity index (χ4v) is 8.68. The van der Waals surface area contributed by atoms with E-state index in [1.165, 1.54) is 33.4 Å².